The lowest BCUT2D eigenvalue weighted by Gasteiger charge is -1.98. The summed E-state index contributed by atoms with van der Waals surface area (Å²) in [5.74, 6) is 2.95. The Balaban J connectivity index is 3.24. The largest absolute Gasteiger partial charge is 0.316 e. The van der Waals surface area contributed by atoms with Crippen molar-refractivity contribution >= 4 is 8.41 Å². The summed E-state index contributed by atoms with van der Waals surface area (Å²) in [4.78, 5) is 0. The van der Waals surface area contributed by atoms with Crippen molar-refractivity contribution in [1.82, 2.24) is 0 Å². The smallest absolute Gasteiger partial charge is 0.298 e. The first-order chi connectivity index (χ1) is 6.56. The average molecular weight is 214 g/mol. The predicted molar refractivity (Wildman–Crippen MR) is 64.4 cm³/mol. The van der Waals surface area contributed by atoms with Crippen LogP contribution >= 0.6 is 0 Å². The fraction of sp³-hybridized carbons (Fsp3) is 0.833. The monoisotopic (exact) mass is 214 g/mol. The van der Waals surface area contributed by atoms with E-state index in [2.05, 4.69) is 18.4 Å². The van der Waals surface area contributed by atoms with Crippen molar-refractivity contribution in [3.63, 3.8) is 0 Å². The lowest BCUT2D eigenvalue weighted by Crippen LogP contribution is -2.14. The molecule has 0 spiro atoms. The maximum absolute atomic E-state index is 13.0. The van der Waals surface area contributed by atoms with Gasteiger partial charge in [-0.3, -0.25) is 4.11 Å². The number of hydrogen-bond acceptors (Lipinski definition) is 0. The van der Waals surface area contributed by atoms with Gasteiger partial charge in [0.05, 0.1) is 0 Å². The van der Waals surface area contributed by atoms with Crippen molar-refractivity contribution in [2.75, 3.05) is 0 Å². The highest BCUT2D eigenvalue weighted by Crippen LogP contribution is 2.06. The summed E-state index contributed by atoms with van der Waals surface area (Å²) in [7, 11) is -2.60. The Bertz CT molecular complexity index is 183. The molecule has 0 unspecified atom stereocenters. The molecule has 0 N–H and O–H groups in total. The summed E-state index contributed by atoms with van der Waals surface area (Å²) < 4.78 is 13.0. The lowest BCUT2D eigenvalue weighted by atomic mass is 10.1. The molecule has 0 aliphatic rings. The molecule has 0 saturated carbocycles. The van der Waals surface area contributed by atoms with E-state index in [4.69, 9.17) is 0 Å². The Morgan fingerprint density at radius 1 is 1.00 bits per heavy atom. The van der Waals surface area contributed by atoms with Gasteiger partial charge in [-0.1, -0.05) is 44.6 Å². The quantitative estimate of drug-likeness (QED) is 0.265. The van der Waals surface area contributed by atoms with Crippen LogP contribution in [0.1, 0.15) is 51.9 Å². The van der Waals surface area contributed by atoms with Gasteiger partial charge >= 0.3 is 8.41 Å². The molecule has 0 aromatic heterocycles. The van der Waals surface area contributed by atoms with E-state index in [1.54, 1.807) is 13.1 Å². The standard InChI is InChI=1S/C12H23FSi/c1-4-5-6-7-8-9-10-11-12-14(2,3)13/h4-10H2,1-3H3. The minimum atomic E-state index is -2.60. The van der Waals surface area contributed by atoms with E-state index in [9.17, 15) is 4.11 Å². The van der Waals surface area contributed by atoms with Crippen LogP contribution in [0, 0.1) is 11.5 Å². The Morgan fingerprint density at radius 3 is 2.14 bits per heavy atom. The van der Waals surface area contributed by atoms with Gasteiger partial charge in [0.1, 0.15) is 0 Å². The summed E-state index contributed by atoms with van der Waals surface area (Å²) >= 11 is 0. The van der Waals surface area contributed by atoms with Crippen molar-refractivity contribution < 1.29 is 4.11 Å². The Kier molecular flexibility index (Phi) is 7.88. The molecule has 2 heteroatoms. The number of rotatable bonds is 6. The van der Waals surface area contributed by atoms with Gasteiger partial charge < -0.3 is 0 Å². The fourth-order valence-electron chi connectivity index (χ4n) is 1.27. The second-order valence-electron chi connectivity index (χ2n) is 4.29. The van der Waals surface area contributed by atoms with Gasteiger partial charge in [0, 0.05) is 6.42 Å². The van der Waals surface area contributed by atoms with E-state index in [1.807, 2.05) is 0 Å². The maximum Gasteiger partial charge on any atom is 0.316 e. The van der Waals surface area contributed by atoms with Gasteiger partial charge in [0.15, 0.2) is 0 Å². The third kappa shape index (κ3) is 11.7. The summed E-state index contributed by atoms with van der Waals surface area (Å²) in [6.45, 7) is 5.50. The van der Waals surface area contributed by atoms with Crippen LogP contribution in [-0.2, 0) is 0 Å². The number of halogens is 1. The second-order valence-corrected chi connectivity index (χ2v) is 7.49. The summed E-state index contributed by atoms with van der Waals surface area (Å²) in [6, 6.07) is 0. The summed E-state index contributed by atoms with van der Waals surface area (Å²) in [5.41, 5.74) is 2.75. The van der Waals surface area contributed by atoms with Crippen LogP contribution in [0.15, 0.2) is 0 Å². The van der Waals surface area contributed by atoms with Crippen LogP contribution in [-0.4, -0.2) is 8.41 Å². The van der Waals surface area contributed by atoms with E-state index >= 15 is 0 Å². The Morgan fingerprint density at radius 2 is 1.57 bits per heavy atom. The molecule has 0 aromatic carbocycles. The molecule has 82 valence electrons. The van der Waals surface area contributed by atoms with Crippen LogP contribution in [0.2, 0.25) is 13.1 Å². The molecule has 0 atom stereocenters. The zero-order chi connectivity index (χ0) is 10.9. The Hall–Kier alpha value is -0.293. The molecule has 14 heavy (non-hydrogen) atoms. The SMILES string of the molecule is CCCCCCCCC#C[Si](C)(C)F. The van der Waals surface area contributed by atoms with Gasteiger partial charge in [0.25, 0.3) is 0 Å². The van der Waals surface area contributed by atoms with E-state index in [1.165, 1.54) is 32.1 Å². The highest BCUT2D eigenvalue weighted by molar-refractivity contribution is 6.78. The zero-order valence-corrected chi connectivity index (χ0v) is 10.8. The maximum atomic E-state index is 13.0. The predicted octanol–water partition coefficient (Wildman–Crippen LogP) is 4.45. The number of hydrogen-bond donors (Lipinski definition) is 0. The molecule has 0 aliphatic carbocycles. The first-order valence-electron chi connectivity index (χ1n) is 5.75. The first-order valence-corrected chi connectivity index (χ1v) is 8.63. The molecule has 0 radical (unpaired) electrons. The van der Waals surface area contributed by atoms with Gasteiger partial charge in [-0.15, -0.1) is 5.92 Å². The van der Waals surface area contributed by atoms with Crippen molar-refractivity contribution in [3.05, 3.63) is 0 Å². The third-order valence-electron chi connectivity index (χ3n) is 2.04. The molecule has 0 nitrogen and oxygen atoms in total. The highest BCUT2D eigenvalue weighted by atomic mass is 28.4. The fourth-order valence-corrected chi connectivity index (χ4v) is 1.81. The van der Waals surface area contributed by atoms with Crippen LogP contribution < -0.4 is 0 Å². The van der Waals surface area contributed by atoms with Crippen molar-refractivity contribution in [2.45, 2.75) is 65.0 Å². The van der Waals surface area contributed by atoms with Crippen molar-refractivity contribution in [3.8, 4) is 11.5 Å². The average Bonchev–Trinajstić information content (AvgIpc) is 2.08. The zero-order valence-electron chi connectivity index (χ0n) is 9.83. The molecule has 0 aliphatic heterocycles. The van der Waals surface area contributed by atoms with Crippen LogP contribution in [0.4, 0.5) is 4.11 Å². The van der Waals surface area contributed by atoms with Gasteiger partial charge in [0.2, 0.25) is 0 Å². The molecule has 0 rings (SSSR count). The van der Waals surface area contributed by atoms with Crippen molar-refractivity contribution in [2.24, 2.45) is 0 Å². The van der Waals surface area contributed by atoms with E-state index in [0.717, 1.165) is 12.8 Å². The second kappa shape index (κ2) is 8.05. The highest BCUT2D eigenvalue weighted by Gasteiger charge is 2.14. The molecular formula is C12H23FSi. The van der Waals surface area contributed by atoms with Gasteiger partial charge in [-0.05, 0) is 19.5 Å². The summed E-state index contributed by atoms with van der Waals surface area (Å²) in [5, 5.41) is 0. The van der Waals surface area contributed by atoms with Gasteiger partial charge in [-0.2, -0.15) is 0 Å². The normalized spacial score (nSPS) is 10.9. The molecule has 0 saturated heterocycles. The Labute approximate surface area is 89.5 Å². The molecule has 0 bridgehead atoms. The first kappa shape index (κ1) is 13.7. The topological polar surface area (TPSA) is 0 Å². The van der Waals surface area contributed by atoms with Crippen molar-refractivity contribution in [1.29, 1.82) is 0 Å². The number of unbranched alkanes of at least 4 members (excludes halogenated alkanes) is 6. The van der Waals surface area contributed by atoms with Gasteiger partial charge in [-0.25, -0.2) is 0 Å². The van der Waals surface area contributed by atoms with E-state index in [0.29, 0.717) is 0 Å². The van der Waals surface area contributed by atoms with Crippen LogP contribution in [0.25, 0.3) is 0 Å². The molecular weight excluding hydrogens is 191 g/mol. The van der Waals surface area contributed by atoms with E-state index in [-0.39, 0.29) is 0 Å². The van der Waals surface area contributed by atoms with Crippen LogP contribution in [0.5, 0.6) is 0 Å². The molecule has 0 fully saturated rings. The molecule has 0 amide bonds. The molecule has 0 heterocycles. The minimum Gasteiger partial charge on any atom is -0.298 e. The third-order valence-corrected chi connectivity index (χ3v) is 2.81. The van der Waals surface area contributed by atoms with E-state index < -0.39 is 8.41 Å². The lowest BCUT2D eigenvalue weighted by molar-refractivity contribution is 0.614. The van der Waals surface area contributed by atoms with Crippen LogP contribution in [0.3, 0.4) is 0 Å². The minimum absolute atomic E-state index is 0.881. The molecule has 0 aromatic rings. The summed E-state index contributed by atoms with van der Waals surface area (Å²) in [6.07, 6.45) is 8.56.